The largest absolute Gasteiger partial charge is 0.480 e. The molecule has 228 valence electrons. The van der Waals surface area contributed by atoms with Crippen LogP contribution in [0.1, 0.15) is 37.3 Å². The molecule has 0 radical (unpaired) electrons. The van der Waals surface area contributed by atoms with Gasteiger partial charge in [0.2, 0.25) is 17.7 Å². The molecule has 0 fully saturated rings. The van der Waals surface area contributed by atoms with E-state index in [4.69, 9.17) is 11.5 Å². The molecule has 2 aromatic heterocycles. The summed E-state index contributed by atoms with van der Waals surface area (Å²) in [4.78, 5) is 57.8. The van der Waals surface area contributed by atoms with Crippen LogP contribution < -0.4 is 27.4 Å². The minimum absolute atomic E-state index is 0.0947. The van der Waals surface area contributed by atoms with Crippen molar-refractivity contribution in [3.8, 4) is 0 Å². The number of aliphatic carboxylic acids is 1. The number of benzene rings is 2. The van der Waals surface area contributed by atoms with Gasteiger partial charge in [-0.2, -0.15) is 0 Å². The average Bonchev–Trinajstić information content (AvgIpc) is 3.60. The maximum atomic E-state index is 13.6. The molecule has 0 saturated carbocycles. The fraction of sp³-hybridized carbons (Fsp3) is 0.355. The van der Waals surface area contributed by atoms with Crippen LogP contribution in [0.15, 0.2) is 60.9 Å². The van der Waals surface area contributed by atoms with Gasteiger partial charge in [-0.1, -0.05) is 36.4 Å². The molecule has 4 rings (SSSR count). The van der Waals surface area contributed by atoms with Crippen molar-refractivity contribution in [2.24, 2.45) is 11.5 Å². The predicted octanol–water partition coefficient (Wildman–Crippen LogP) is 1.45. The number of fused-ring (bicyclic) bond motifs is 2. The molecule has 2 aromatic carbocycles. The van der Waals surface area contributed by atoms with E-state index in [1.807, 2.05) is 54.7 Å². The summed E-state index contributed by atoms with van der Waals surface area (Å²) in [5.74, 6) is -2.94. The van der Waals surface area contributed by atoms with Crippen molar-refractivity contribution in [3.63, 3.8) is 0 Å². The summed E-state index contributed by atoms with van der Waals surface area (Å²) in [5, 5.41) is 19.1. The topological polar surface area (TPSA) is 208 Å². The van der Waals surface area contributed by atoms with E-state index >= 15 is 0 Å². The van der Waals surface area contributed by atoms with Gasteiger partial charge in [-0.15, -0.1) is 0 Å². The first-order valence-corrected chi connectivity index (χ1v) is 14.4. The van der Waals surface area contributed by atoms with Crippen molar-refractivity contribution < 1.29 is 24.3 Å². The highest BCUT2D eigenvalue weighted by atomic mass is 16.4. The van der Waals surface area contributed by atoms with Crippen LogP contribution in [0, 0.1) is 0 Å². The van der Waals surface area contributed by atoms with Crippen LogP contribution in [0.3, 0.4) is 0 Å². The Morgan fingerprint density at radius 2 is 1.30 bits per heavy atom. The third-order valence-electron chi connectivity index (χ3n) is 7.49. The fourth-order valence-corrected chi connectivity index (χ4v) is 5.05. The number of carboxylic acid groups (broad SMARTS) is 1. The van der Waals surface area contributed by atoms with Gasteiger partial charge in [-0.3, -0.25) is 19.2 Å². The Labute approximate surface area is 249 Å². The van der Waals surface area contributed by atoms with Gasteiger partial charge in [0, 0.05) is 40.6 Å². The number of H-pyrrole nitrogens is 2. The van der Waals surface area contributed by atoms with Crippen molar-refractivity contribution in [1.82, 2.24) is 25.9 Å². The number of hydrogen-bond acceptors (Lipinski definition) is 6. The van der Waals surface area contributed by atoms with Crippen LogP contribution in [0.2, 0.25) is 0 Å². The summed E-state index contributed by atoms with van der Waals surface area (Å²) in [6.07, 6.45) is 5.39. The van der Waals surface area contributed by atoms with Gasteiger partial charge < -0.3 is 42.5 Å². The van der Waals surface area contributed by atoms with Gasteiger partial charge in [0.25, 0.3) is 0 Å². The number of aromatic nitrogens is 2. The van der Waals surface area contributed by atoms with Crippen molar-refractivity contribution >= 4 is 45.5 Å². The molecule has 2 heterocycles. The molecular weight excluding hydrogens is 550 g/mol. The summed E-state index contributed by atoms with van der Waals surface area (Å²) < 4.78 is 0. The second kappa shape index (κ2) is 14.5. The Morgan fingerprint density at radius 3 is 1.88 bits per heavy atom. The number of carboxylic acids is 1. The van der Waals surface area contributed by atoms with Crippen molar-refractivity contribution in [2.75, 3.05) is 6.54 Å². The van der Waals surface area contributed by atoms with Crippen LogP contribution in [0.25, 0.3) is 21.8 Å². The first-order chi connectivity index (χ1) is 20.7. The number of carbonyl (C=O) groups is 4. The zero-order valence-corrected chi connectivity index (χ0v) is 24.1. The van der Waals surface area contributed by atoms with Gasteiger partial charge in [0.15, 0.2) is 0 Å². The molecule has 3 amide bonds. The van der Waals surface area contributed by atoms with Gasteiger partial charge in [-0.25, -0.2) is 0 Å². The lowest BCUT2D eigenvalue weighted by Crippen LogP contribution is -2.57. The minimum Gasteiger partial charge on any atom is -0.480 e. The first kappa shape index (κ1) is 31.3. The van der Waals surface area contributed by atoms with Crippen LogP contribution in [0.5, 0.6) is 0 Å². The molecule has 0 bridgehead atoms. The Morgan fingerprint density at radius 1 is 0.767 bits per heavy atom. The van der Waals surface area contributed by atoms with Crippen LogP contribution in [-0.2, 0) is 32.0 Å². The summed E-state index contributed by atoms with van der Waals surface area (Å²) >= 11 is 0. The van der Waals surface area contributed by atoms with E-state index in [9.17, 15) is 24.3 Å². The molecule has 0 aliphatic carbocycles. The van der Waals surface area contributed by atoms with Gasteiger partial charge in [0.05, 0.1) is 6.04 Å². The fourth-order valence-electron chi connectivity index (χ4n) is 5.05. The third kappa shape index (κ3) is 7.99. The van der Waals surface area contributed by atoms with Crippen LogP contribution >= 0.6 is 0 Å². The van der Waals surface area contributed by atoms with E-state index < -0.39 is 47.9 Å². The van der Waals surface area contributed by atoms with E-state index in [0.717, 1.165) is 32.9 Å². The van der Waals surface area contributed by atoms with Gasteiger partial charge in [0.1, 0.15) is 18.1 Å². The summed E-state index contributed by atoms with van der Waals surface area (Å²) in [5.41, 5.74) is 15.4. The van der Waals surface area contributed by atoms with Crippen LogP contribution in [0.4, 0.5) is 0 Å². The number of carbonyl (C=O) groups excluding carboxylic acids is 3. The molecule has 0 aliphatic heterocycles. The molecule has 0 saturated heterocycles. The standard InChI is InChI=1S/C31H39N7O5/c1-18(31(42)43)36-30(41)27(15-20-17-35-25-11-5-3-9-22(20)25)38-29(40)26(12-6-7-13-32)37-28(39)23(33)14-19-16-34-24-10-4-2-8-21(19)24/h2-5,8-11,16-18,23,26-27,34-35H,6-7,12-15,32-33H2,1H3,(H,36,41)(H,37,39)(H,38,40)(H,42,43). The molecule has 43 heavy (non-hydrogen) atoms. The normalized spacial score (nSPS) is 14.1. The molecular formula is C31H39N7O5. The Balaban J connectivity index is 1.50. The number of rotatable bonds is 15. The number of hydrogen-bond donors (Lipinski definition) is 8. The SMILES string of the molecule is CC(NC(=O)C(Cc1c[nH]c2ccccc12)NC(=O)C(CCCCN)NC(=O)C(N)Cc1c[nH]c2ccccc12)C(=O)O. The zero-order valence-electron chi connectivity index (χ0n) is 24.1. The molecule has 4 unspecified atom stereocenters. The lowest BCUT2D eigenvalue weighted by Gasteiger charge is -2.25. The van der Waals surface area contributed by atoms with E-state index in [1.54, 1.807) is 6.20 Å². The third-order valence-corrected chi connectivity index (χ3v) is 7.49. The quantitative estimate of drug-likeness (QED) is 0.0956. The number of nitrogens with two attached hydrogens (primary N) is 2. The van der Waals surface area contributed by atoms with E-state index in [-0.39, 0.29) is 19.3 Å². The summed E-state index contributed by atoms with van der Waals surface area (Å²) in [6, 6.07) is 11.0. The van der Waals surface area contributed by atoms with E-state index in [0.29, 0.717) is 19.4 Å². The second-order valence-corrected chi connectivity index (χ2v) is 10.7. The highest BCUT2D eigenvalue weighted by molar-refractivity contribution is 5.95. The molecule has 12 nitrogen and oxygen atoms in total. The lowest BCUT2D eigenvalue weighted by molar-refractivity contribution is -0.141. The van der Waals surface area contributed by atoms with Crippen molar-refractivity contribution in [1.29, 1.82) is 0 Å². The minimum atomic E-state index is -1.21. The number of para-hydroxylation sites is 2. The second-order valence-electron chi connectivity index (χ2n) is 10.7. The lowest BCUT2D eigenvalue weighted by atomic mass is 10.0. The average molecular weight is 590 g/mol. The number of aromatic amines is 2. The smallest absolute Gasteiger partial charge is 0.325 e. The zero-order chi connectivity index (χ0) is 30.9. The maximum Gasteiger partial charge on any atom is 0.325 e. The van der Waals surface area contributed by atoms with Gasteiger partial charge in [-0.05, 0) is 62.4 Å². The molecule has 4 aromatic rings. The molecule has 0 aliphatic rings. The number of unbranched alkanes of at least 4 members (excludes halogenated alkanes) is 1. The summed E-state index contributed by atoms with van der Waals surface area (Å²) in [6.45, 7) is 1.76. The van der Waals surface area contributed by atoms with Crippen molar-refractivity contribution in [2.45, 2.75) is 63.2 Å². The molecule has 12 heteroatoms. The highest BCUT2D eigenvalue weighted by Gasteiger charge is 2.30. The predicted molar refractivity (Wildman–Crippen MR) is 164 cm³/mol. The Kier molecular flexibility index (Phi) is 10.5. The molecule has 4 atom stereocenters. The highest BCUT2D eigenvalue weighted by Crippen LogP contribution is 2.20. The van der Waals surface area contributed by atoms with E-state index in [1.165, 1.54) is 6.92 Å². The van der Waals surface area contributed by atoms with Crippen LogP contribution in [-0.4, -0.2) is 69.5 Å². The Hall–Kier alpha value is -4.68. The van der Waals surface area contributed by atoms with Crippen molar-refractivity contribution in [3.05, 3.63) is 72.1 Å². The van der Waals surface area contributed by atoms with E-state index in [2.05, 4.69) is 25.9 Å². The maximum absolute atomic E-state index is 13.6. The Bertz CT molecular complexity index is 1580. The summed E-state index contributed by atoms with van der Waals surface area (Å²) in [7, 11) is 0. The molecule has 10 N–H and O–H groups in total. The molecule has 0 spiro atoms. The number of nitrogens with one attached hydrogen (secondary N) is 5. The van der Waals surface area contributed by atoms with Gasteiger partial charge >= 0.3 is 5.97 Å². The monoisotopic (exact) mass is 589 g/mol. The first-order valence-electron chi connectivity index (χ1n) is 14.4. The number of amides is 3.